The molecule has 0 saturated heterocycles. The highest BCUT2D eigenvalue weighted by atomic mass is 32.1. The molecule has 0 fully saturated rings. The molecular formula is C12H12N2O2S2. The van der Waals surface area contributed by atoms with Crippen molar-refractivity contribution in [1.82, 2.24) is 4.98 Å². The SMILES string of the molecule is COc1ccc(OCc2nc(C(N)=S)cs2)cc1. The Balaban J connectivity index is 1.95. The van der Waals surface area contributed by atoms with Gasteiger partial charge in [0.1, 0.15) is 33.8 Å². The minimum atomic E-state index is 0.307. The number of thiazole rings is 1. The van der Waals surface area contributed by atoms with E-state index in [1.54, 1.807) is 7.11 Å². The van der Waals surface area contributed by atoms with E-state index in [1.807, 2.05) is 29.6 Å². The van der Waals surface area contributed by atoms with E-state index >= 15 is 0 Å². The van der Waals surface area contributed by atoms with Gasteiger partial charge in [0.2, 0.25) is 0 Å². The first-order valence-electron chi connectivity index (χ1n) is 5.20. The zero-order valence-corrected chi connectivity index (χ0v) is 11.4. The van der Waals surface area contributed by atoms with Crippen LogP contribution in [0.4, 0.5) is 0 Å². The molecule has 4 nitrogen and oxygen atoms in total. The Morgan fingerprint density at radius 2 is 2.00 bits per heavy atom. The molecule has 18 heavy (non-hydrogen) atoms. The number of ether oxygens (including phenoxy) is 2. The highest BCUT2D eigenvalue weighted by Crippen LogP contribution is 2.19. The van der Waals surface area contributed by atoms with E-state index in [4.69, 9.17) is 27.4 Å². The molecule has 1 heterocycles. The normalized spacial score (nSPS) is 10.1. The molecule has 6 heteroatoms. The fourth-order valence-corrected chi connectivity index (χ4v) is 2.19. The number of thiocarbonyl (C=S) groups is 1. The summed E-state index contributed by atoms with van der Waals surface area (Å²) in [4.78, 5) is 4.57. The summed E-state index contributed by atoms with van der Waals surface area (Å²) in [5.74, 6) is 1.57. The second kappa shape index (κ2) is 5.79. The Morgan fingerprint density at radius 1 is 1.33 bits per heavy atom. The van der Waals surface area contributed by atoms with Crippen molar-refractivity contribution >= 4 is 28.5 Å². The number of nitrogens with zero attached hydrogens (tertiary/aromatic N) is 1. The third-order valence-electron chi connectivity index (χ3n) is 2.23. The molecule has 0 radical (unpaired) electrons. The molecule has 0 aliphatic rings. The maximum absolute atomic E-state index is 5.59. The lowest BCUT2D eigenvalue weighted by Crippen LogP contribution is -2.09. The lowest BCUT2D eigenvalue weighted by molar-refractivity contribution is 0.305. The van der Waals surface area contributed by atoms with Crippen molar-refractivity contribution < 1.29 is 9.47 Å². The maximum atomic E-state index is 5.59. The van der Waals surface area contributed by atoms with Crippen molar-refractivity contribution in [1.29, 1.82) is 0 Å². The van der Waals surface area contributed by atoms with Crippen molar-refractivity contribution in [3.63, 3.8) is 0 Å². The van der Waals surface area contributed by atoms with Crippen molar-refractivity contribution in [2.45, 2.75) is 6.61 Å². The van der Waals surface area contributed by atoms with Crippen LogP contribution in [0.5, 0.6) is 11.5 Å². The molecule has 1 aromatic heterocycles. The Bertz CT molecular complexity index is 537. The lowest BCUT2D eigenvalue weighted by atomic mass is 10.3. The van der Waals surface area contributed by atoms with E-state index in [-0.39, 0.29) is 0 Å². The van der Waals surface area contributed by atoms with E-state index in [9.17, 15) is 0 Å². The number of hydrogen-bond donors (Lipinski definition) is 1. The van der Waals surface area contributed by atoms with Gasteiger partial charge in [-0.05, 0) is 24.3 Å². The van der Waals surface area contributed by atoms with E-state index < -0.39 is 0 Å². The second-order valence-electron chi connectivity index (χ2n) is 3.45. The lowest BCUT2D eigenvalue weighted by Gasteiger charge is -2.04. The average molecular weight is 280 g/mol. The van der Waals surface area contributed by atoms with E-state index in [2.05, 4.69) is 4.98 Å². The van der Waals surface area contributed by atoms with Crippen LogP contribution in [0.2, 0.25) is 0 Å². The van der Waals surface area contributed by atoms with Crippen LogP contribution in [0.3, 0.4) is 0 Å². The van der Waals surface area contributed by atoms with Crippen LogP contribution in [0, 0.1) is 0 Å². The Morgan fingerprint density at radius 3 is 2.56 bits per heavy atom. The Hall–Kier alpha value is -1.66. The van der Waals surface area contributed by atoms with Crippen LogP contribution in [-0.2, 0) is 6.61 Å². The summed E-state index contributed by atoms with van der Waals surface area (Å²) in [5.41, 5.74) is 6.13. The molecule has 2 rings (SSSR count). The fraction of sp³-hybridized carbons (Fsp3) is 0.167. The molecule has 0 amide bonds. The summed E-state index contributed by atoms with van der Waals surface area (Å²) in [6, 6.07) is 7.39. The van der Waals surface area contributed by atoms with Gasteiger partial charge in [-0.1, -0.05) is 12.2 Å². The predicted octanol–water partition coefficient (Wildman–Crippen LogP) is 2.36. The minimum absolute atomic E-state index is 0.307. The molecule has 1 aromatic carbocycles. The number of aromatic nitrogens is 1. The van der Waals surface area contributed by atoms with Gasteiger partial charge in [0.15, 0.2) is 0 Å². The van der Waals surface area contributed by atoms with Crippen LogP contribution >= 0.6 is 23.6 Å². The first kappa shape index (κ1) is 12.8. The van der Waals surface area contributed by atoms with Crippen LogP contribution in [-0.4, -0.2) is 17.1 Å². The third kappa shape index (κ3) is 3.18. The summed E-state index contributed by atoms with van der Waals surface area (Å²) in [5, 5.41) is 2.67. The van der Waals surface area contributed by atoms with Crippen LogP contribution < -0.4 is 15.2 Å². The number of benzene rings is 1. The zero-order chi connectivity index (χ0) is 13.0. The second-order valence-corrected chi connectivity index (χ2v) is 4.84. The van der Waals surface area contributed by atoms with Gasteiger partial charge in [0.05, 0.1) is 7.11 Å². The van der Waals surface area contributed by atoms with Gasteiger partial charge in [-0.25, -0.2) is 4.98 Å². The molecular weight excluding hydrogens is 268 g/mol. The van der Waals surface area contributed by atoms with Gasteiger partial charge in [-0.15, -0.1) is 11.3 Å². The van der Waals surface area contributed by atoms with Crippen molar-refractivity contribution in [3.8, 4) is 11.5 Å². The summed E-state index contributed by atoms with van der Waals surface area (Å²) in [6.07, 6.45) is 0. The molecule has 0 bridgehead atoms. The van der Waals surface area contributed by atoms with Crippen molar-refractivity contribution in [3.05, 3.63) is 40.3 Å². The van der Waals surface area contributed by atoms with E-state index in [0.717, 1.165) is 16.5 Å². The van der Waals surface area contributed by atoms with Crippen LogP contribution in [0.25, 0.3) is 0 Å². The molecule has 0 atom stereocenters. The Labute approximate surface area is 114 Å². The molecule has 0 saturated carbocycles. The molecule has 94 valence electrons. The quantitative estimate of drug-likeness (QED) is 0.852. The van der Waals surface area contributed by atoms with Gasteiger partial charge < -0.3 is 15.2 Å². The summed E-state index contributed by atoms with van der Waals surface area (Å²) < 4.78 is 10.7. The zero-order valence-electron chi connectivity index (χ0n) is 9.75. The highest BCUT2D eigenvalue weighted by molar-refractivity contribution is 7.80. The summed E-state index contributed by atoms with van der Waals surface area (Å²) in [6.45, 7) is 0.402. The van der Waals surface area contributed by atoms with Crippen molar-refractivity contribution in [2.24, 2.45) is 5.73 Å². The number of hydrogen-bond acceptors (Lipinski definition) is 5. The number of nitrogens with two attached hydrogens (primary N) is 1. The van der Waals surface area contributed by atoms with Gasteiger partial charge >= 0.3 is 0 Å². The Kier molecular flexibility index (Phi) is 4.11. The van der Waals surface area contributed by atoms with Crippen LogP contribution in [0.15, 0.2) is 29.6 Å². The molecule has 0 spiro atoms. The fourth-order valence-electron chi connectivity index (χ4n) is 1.31. The average Bonchev–Trinajstić information content (AvgIpc) is 2.86. The first-order valence-corrected chi connectivity index (χ1v) is 6.49. The number of rotatable bonds is 5. The summed E-state index contributed by atoms with van der Waals surface area (Å²) >= 11 is 6.32. The molecule has 0 aliphatic carbocycles. The van der Waals surface area contributed by atoms with E-state index in [0.29, 0.717) is 17.3 Å². The summed E-state index contributed by atoms with van der Waals surface area (Å²) in [7, 11) is 1.63. The highest BCUT2D eigenvalue weighted by Gasteiger charge is 2.04. The predicted molar refractivity (Wildman–Crippen MR) is 75.3 cm³/mol. The smallest absolute Gasteiger partial charge is 0.140 e. The van der Waals surface area contributed by atoms with Gasteiger partial charge in [0.25, 0.3) is 0 Å². The van der Waals surface area contributed by atoms with Gasteiger partial charge in [-0.3, -0.25) is 0 Å². The topological polar surface area (TPSA) is 57.4 Å². The van der Waals surface area contributed by atoms with Crippen molar-refractivity contribution in [2.75, 3.05) is 7.11 Å². The minimum Gasteiger partial charge on any atom is -0.497 e. The molecule has 0 aliphatic heterocycles. The monoisotopic (exact) mass is 280 g/mol. The van der Waals surface area contributed by atoms with Crippen LogP contribution in [0.1, 0.15) is 10.7 Å². The van der Waals surface area contributed by atoms with Gasteiger partial charge in [-0.2, -0.15) is 0 Å². The third-order valence-corrected chi connectivity index (χ3v) is 3.26. The molecule has 0 unspecified atom stereocenters. The standard InChI is InChI=1S/C12H12N2O2S2/c1-15-8-2-4-9(5-3-8)16-6-11-14-10(7-18-11)12(13)17/h2-5,7H,6H2,1H3,(H2,13,17). The maximum Gasteiger partial charge on any atom is 0.140 e. The first-order chi connectivity index (χ1) is 8.69. The van der Waals surface area contributed by atoms with E-state index in [1.165, 1.54) is 11.3 Å². The molecule has 2 N–H and O–H groups in total. The molecule has 2 aromatic rings. The largest absolute Gasteiger partial charge is 0.497 e. The van der Waals surface area contributed by atoms with Gasteiger partial charge in [0, 0.05) is 5.38 Å². The number of methoxy groups -OCH3 is 1.